The fourth-order valence-electron chi connectivity index (χ4n) is 2.30. The highest BCUT2D eigenvalue weighted by atomic mass is 15.3. The van der Waals surface area contributed by atoms with E-state index in [0.717, 1.165) is 18.5 Å². The zero-order chi connectivity index (χ0) is 14.5. The first-order valence-corrected chi connectivity index (χ1v) is 7.41. The van der Waals surface area contributed by atoms with Crippen LogP contribution in [0, 0.1) is 6.92 Å². The third kappa shape index (κ3) is 4.12. The lowest BCUT2D eigenvalue weighted by molar-refractivity contribution is 0.532. The Morgan fingerprint density at radius 3 is 2.70 bits per heavy atom. The summed E-state index contributed by atoms with van der Waals surface area (Å²) in [5.41, 5.74) is 3.85. The van der Waals surface area contributed by atoms with E-state index >= 15 is 0 Å². The van der Waals surface area contributed by atoms with Gasteiger partial charge in [-0.3, -0.25) is 4.68 Å². The quantitative estimate of drug-likeness (QED) is 0.853. The van der Waals surface area contributed by atoms with E-state index in [2.05, 4.69) is 68.6 Å². The van der Waals surface area contributed by atoms with E-state index in [1.165, 1.54) is 11.1 Å². The normalized spacial score (nSPS) is 12.7. The molecule has 108 valence electrons. The highest BCUT2D eigenvalue weighted by molar-refractivity contribution is 5.39. The molecule has 0 saturated heterocycles. The average Bonchev–Trinajstić information content (AvgIpc) is 2.85. The third-order valence-corrected chi connectivity index (χ3v) is 3.49. The highest BCUT2D eigenvalue weighted by Crippen LogP contribution is 2.14. The fourth-order valence-corrected chi connectivity index (χ4v) is 2.30. The lowest BCUT2D eigenvalue weighted by atomic mass is 10.0. The van der Waals surface area contributed by atoms with E-state index in [9.17, 15) is 0 Å². The predicted molar refractivity (Wildman–Crippen MR) is 85.2 cm³/mol. The van der Waals surface area contributed by atoms with Crippen LogP contribution in [-0.2, 0) is 6.42 Å². The van der Waals surface area contributed by atoms with Gasteiger partial charge in [0.1, 0.15) is 0 Å². The summed E-state index contributed by atoms with van der Waals surface area (Å²) in [6.45, 7) is 8.64. The van der Waals surface area contributed by atoms with Crippen LogP contribution in [0.1, 0.15) is 44.4 Å². The van der Waals surface area contributed by atoms with Gasteiger partial charge in [0.15, 0.2) is 0 Å². The molecule has 0 aliphatic rings. The van der Waals surface area contributed by atoms with Crippen molar-refractivity contribution in [3.8, 4) is 0 Å². The summed E-state index contributed by atoms with van der Waals surface area (Å²) in [5, 5.41) is 7.87. The molecule has 1 unspecified atom stereocenters. The molecule has 2 rings (SSSR count). The Labute approximate surface area is 122 Å². The van der Waals surface area contributed by atoms with E-state index in [0.29, 0.717) is 12.1 Å². The summed E-state index contributed by atoms with van der Waals surface area (Å²) < 4.78 is 1.98. The lowest BCUT2D eigenvalue weighted by Crippen LogP contribution is -2.15. The summed E-state index contributed by atoms with van der Waals surface area (Å²) in [6, 6.07) is 9.61. The van der Waals surface area contributed by atoms with Crippen LogP contribution in [0.2, 0.25) is 0 Å². The van der Waals surface area contributed by atoms with Crippen molar-refractivity contribution in [3.63, 3.8) is 0 Å². The minimum atomic E-state index is 0.410. The topological polar surface area (TPSA) is 29.9 Å². The monoisotopic (exact) mass is 271 g/mol. The molecule has 1 aromatic carbocycles. The van der Waals surface area contributed by atoms with Crippen LogP contribution < -0.4 is 5.32 Å². The molecule has 1 aromatic heterocycles. The second-order valence-corrected chi connectivity index (χ2v) is 5.88. The number of anilines is 1. The molecule has 20 heavy (non-hydrogen) atoms. The highest BCUT2D eigenvalue weighted by Gasteiger charge is 2.06. The van der Waals surface area contributed by atoms with Crippen molar-refractivity contribution in [1.29, 1.82) is 0 Å². The fraction of sp³-hybridized carbons (Fsp3) is 0.471. The van der Waals surface area contributed by atoms with Gasteiger partial charge in [0.05, 0.1) is 11.9 Å². The van der Waals surface area contributed by atoms with Crippen molar-refractivity contribution in [2.45, 2.75) is 52.6 Å². The predicted octanol–water partition coefficient (Wildman–Crippen LogP) is 4.21. The molecule has 1 heterocycles. The second-order valence-electron chi connectivity index (χ2n) is 5.88. The van der Waals surface area contributed by atoms with Crippen molar-refractivity contribution in [3.05, 3.63) is 47.8 Å². The van der Waals surface area contributed by atoms with E-state index < -0.39 is 0 Å². The molecule has 1 atom stereocenters. The van der Waals surface area contributed by atoms with Gasteiger partial charge in [-0.1, -0.05) is 29.8 Å². The lowest BCUT2D eigenvalue weighted by Gasteiger charge is -2.14. The standard InChI is InChI=1S/C17H25N3/c1-13(2)20-12-17(11-18-20)19-15(4)8-9-16-7-5-6-14(3)10-16/h5-7,10-13,15,19H,8-9H2,1-4H3. The van der Waals surface area contributed by atoms with Crippen LogP contribution in [0.15, 0.2) is 36.7 Å². The molecule has 3 nitrogen and oxygen atoms in total. The Morgan fingerprint density at radius 2 is 2.05 bits per heavy atom. The molecular weight excluding hydrogens is 246 g/mol. The summed E-state index contributed by atoms with van der Waals surface area (Å²) in [5.74, 6) is 0. The SMILES string of the molecule is Cc1cccc(CCC(C)Nc2cnn(C(C)C)c2)c1. The van der Waals surface area contributed by atoms with E-state index in [-0.39, 0.29) is 0 Å². The van der Waals surface area contributed by atoms with Crippen LogP contribution in [0.4, 0.5) is 5.69 Å². The Balaban J connectivity index is 1.84. The van der Waals surface area contributed by atoms with Gasteiger partial charge in [0.2, 0.25) is 0 Å². The minimum absolute atomic E-state index is 0.410. The van der Waals surface area contributed by atoms with Crippen molar-refractivity contribution in [2.24, 2.45) is 0 Å². The zero-order valence-corrected chi connectivity index (χ0v) is 12.9. The van der Waals surface area contributed by atoms with Gasteiger partial charge in [0.25, 0.3) is 0 Å². The molecule has 0 spiro atoms. The number of nitrogens with one attached hydrogen (secondary N) is 1. The summed E-state index contributed by atoms with van der Waals surface area (Å²) >= 11 is 0. The molecule has 0 bridgehead atoms. The Kier molecular flexibility index (Phi) is 4.83. The van der Waals surface area contributed by atoms with Gasteiger partial charge in [-0.15, -0.1) is 0 Å². The smallest absolute Gasteiger partial charge is 0.0728 e. The first kappa shape index (κ1) is 14.6. The number of nitrogens with zero attached hydrogens (tertiary/aromatic N) is 2. The number of hydrogen-bond acceptors (Lipinski definition) is 2. The van der Waals surface area contributed by atoms with Gasteiger partial charge in [-0.2, -0.15) is 5.10 Å². The summed E-state index contributed by atoms with van der Waals surface area (Å²) in [6.07, 6.45) is 6.21. The maximum absolute atomic E-state index is 4.35. The van der Waals surface area contributed by atoms with Crippen LogP contribution >= 0.6 is 0 Å². The molecule has 0 aliphatic carbocycles. The molecule has 0 radical (unpaired) electrons. The van der Waals surface area contributed by atoms with E-state index in [4.69, 9.17) is 0 Å². The molecule has 0 aliphatic heterocycles. The van der Waals surface area contributed by atoms with Gasteiger partial charge in [0, 0.05) is 18.3 Å². The van der Waals surface area contributed by atoms with Gasteiger partial charge >= 0.3 is 0 Å². The van der Waals surface area contributed by atoms with Crippen LogP contribution in [0.5, 0.6) is 0 Å². The number of hydrogen-bond donors (Lipinski definition) is 1. The molecule has 0 amide bonds. The minimum Gasteiger partial charge on any atom is -0.380 e. The largest absolute Gasteiger partial charge is 0.380 e. The second kappa shape index (κ2) is 6.60. The molecule has 1 N–H and O–H groups in total. The maximum Gasteiger partial charge on any atom is 0.0728 e. The summed E-state index contributed by atoms with van der Waals surface area (Å²) in [4.78, 5) is 0. The molecule has 2 aromatic rings. The third-order valence-electron chi connectivity index (χ3n) is 3.49. The maximum atomic E-state index is 4.35. The van der Waals surface area contributed by atoms with E-state index in [1.807, 2.05) is 10.9 Å². The first-order valence-electron chi connectivity index (χ1n) is 7.41. The van der Waals surface area contributed by atoms with Gasteiger partial charge in [-0.25, -0.2) is 0 Å². The van der Waals surface area contributed by atoms with Crippen molar-refractivity contribution in [1.82, 2.24) is 9.78 Å². The molecule has 0 fully saturated rings. The van der Waals surface area contributed by atoms with Gasteiger partial charge < -0.3 is 5.32 Å². The number of aryl methyl sites for hydroxylation is 2. The van der Waals surface area contributed by atoms with Crippen LogP contribution in [-0.4, -0.2) is 15.8 Å². The Bertz CT molecular complexity index is 543. The van der Waals surface area contributed by atoms with Crippen LogP contribution in [0.25, 0.3) is 0 Å². The van der Waals surface area contributed by atoms with E-state index in [1.54, 1.807) is 0 Å². The first-order chi connectivity index (χ1) is 9.54. The molecular formula is C17H25N3. The van der Waals surface area contributed by atoms with Crippen LogP contribution in [0.3, 0.4) is 0 Å². The molecule has 3 heteroatoms. The Hall–Kier alpha value is -1.77. The van der Waals surface area contributed by atoms with Crippen molar-refractivity contribution in [2.75, 3.05) is 5.32 Å². The average molecular weight is 271 g/mol. The number of aromatic nitrogens is 2. The molecule has 0 saturated carbocycles. The number of rotatable bonds is 6. The van der Waals surface area contributed by atoms with Gasteiger partial charge in [-0.05, 0) is 46.1 Å². The summed E-state index contributed by atoms with van der Waals surface area (Å²) in [7, 11) is 0. The Morgan fingerprint density at radius 1 is 1.25 bits per heavy atom. The number of benzene rings is 1. The van der Waals surface area contributed by atoms with Crippen molar-refractivity contribution >= 4 is 5.69 Å². The zero-order valence-electron chi connectivity index (χ0n) is 12.9. The van der Waals surface area contributed by atoms with Crippen molar-refractivity contribution < 1.29 is 0 Å².